The second-order valence-electron chi connectivity index (χ2n) is 6.22. The lowest BCUT2D eigenvalue weighted by Crippen LogP contribution is -2.42. The van der Waals surface area contributed by atoms with Crippen LogP contribution in [-0.4, -0.2) is 41.6 Å². The molecule has 0 aromatic rings. The van der Waals surface area contributed by atoms with Crippen LogP contribution in [-0.2, 0) is 4.79 Å². The van der Waals surface area contributed by atoms with Gasteiger partial charge in [-0.25, -0.2) is 4.79 Å². The molecule has 1 aliphatic rings. The van der Waals surface area contributed by atoms with Gasteiger partial charge in [0.25, 0.3) is 0 Å². The molecule has 5 nitrogen and oxygen atoms in total. The summed E-state index contributed by atoms with van der Waals surface area (Å²) in [6.45, 7) is 10.00. The zero-order valence-corrected chi connectivity index (χ0v) is 11.7. The van der Waals surface area contributed by atoms with Crippen molar-refractivity contribution in [1.29, 1.82) is 0 Å². The standard InChI is InChI=1S/C13H24N2O3/c1-9(13(2,3)4)7-14-12(18)15-6-5-10(8-15)11(16)17/h9-10H,5-8H2,1-4H3,(H,14,18)(H,16,17). The Kier molecular flexibility index (Phi) is 4.59. The van der Waals surface area contributed by atoms with Crippen LogP contribution in [0.15, 0.2) is 0 Å². The molecule has 2 unspecified atom stereocenters. The van der Waals surface area contributed by atoms with Crippen molar-refractivity contribution in [3.05, 3.63) is 0 Å². The van der Waals surface area contributed by atoms with E-state index < -0.39 is 11.9 Å². The van der Waals surface area contributed by atoms with Crippen LogP contribution in [0.3, 0.4) is 0 Å². The first-order valence-corrected chi connectivity index (χ1v) is 6.47. The van der Waals surface area contributed by atoms with Crippen LogP contribution in [0.4, 0.5) is 4.79 Å². The summed E-state index contributed by atoms with van der Waals surface area (Å²) in [5.74, 6) is -0.844. The number of hydrogen-bond donors (Lipinski definition) is 2. The van der Waals surface area contributed by atoms with Crippen LogP contribution in [0.5, 0.6) is 0 Å². The quantitative estimate of drug-likeness (QED) is 0.808. The first-order valence-electron chi connectivity index (χ1n) is 6.47. The van der Waals surface area contributed by atoms with Crippen LogP contribution in [0.2, 0.25) is 0 Å². The summed E-state index contributed by atoms with van der Waals surface area (Å²) in [6, 6.07) is -0.144. The number of likely N-dealkylation sites (tertiary alicyclic amines) is 1. The Hall–Kier alpha value is -1.26. The zero-order chi connectivity index (χ0) is 13.9. The molecular formula is C13H24N2O3. The van der Waals surface area contributed by atoms with Gasteiger partial charge in [0.2, 0.25) is 0 Å². The van der Waals surface area contributed by atoms with Gasteiger partial charge in [0.1, 0.15) is 0 Å². The lowest BCUT2D eigenvalue weighted by Gasteiger charge is -2.28. The van der Waals surface area contributed by atoms with Gasteiger partial charge in [-0.05, 0) is 17.8 Å². The number of carbonyl (C=O) groups excluding carboxylic acids is 1. The Morgan fingerprint density at radius 2 is 2.06 bits per heavy atom. The lowest BCUT2D eigenvalue weighted by atomic mass is 9.82. The molecule has 1 saturated heterocycles. The molecule has 1 heterocycles. The van der Waals surface area contributed by atoms with E-state index >= 15 is 0 Å². The molecule has 5 heteroatoms. The van der Waals surface area contributed by atoms with Gasteiger partial charge < -0.3 is 15.3 Å². The van der Waals surface area contributed by atoms with Gasteiger partial charge in [0.05, 0.1) is 5.92 Å². The highest BCUT2D eigenvalue weighted by Gasteiger charge is 2.31. The number of carbonyl (C=O) groups is 2. The maximum atomic E-state index is 11.9. The molecule has 2 amide bonds. The molecule has 18 heavy (non-hydrogen) atoms. The molecule has 1 aliphatic heterocycles. The number of nitrogens with zero attached hydrogens (tertiary/aromatic N) is 1. The minimum Gasteiger partial charge on any atom is -0.481 e. The Bertz CT molecular complexity index is 323. The largest absolute Gasteiger partial charge is 0.481 e. The van der Waals surface area contributed by atoms with Gasteiger partial charge in [0.15, 0.2) is 0 Å². The second kappa shape index (κ2) is 5.59. The van der Waals surface area contributed by atoms with Crippen molar-refractivity contribution >= 4 is 12.0 Å². The Morgan fingerprint density at radius 3 is 2.50 bits per heavy atom. The highest BCUT2D eigenvalue weighted by atomic mass is 16.4. The summed E-state index contributed by atoms with van der Waals surface area (Å²) in [7, 11) is 0. The normalized spacial score (nSPS) is 21.8. The summed E-state index contributed by atoms with van der Waals surface area (Å²) in [4.78, 5) is 24.3. The van der Waals surface area contributed by atoms with Gasteiger partial charge in [-0.2, -0.15) is 0 Å². The molecule has 0 aromatic carbocycles. The number of rotatable bonds is 3. The third kappa shape index (κ3) is 3.89. The molecule has 1 fully saturated rings. The fraction of sp³-hybridized carbons (Fsp3) is 0.846. The van der Waals surface area contributed by atoms with E-state index in [4.69, 9.17) is 5.11 Å². The summed E-state index contributed by atoms with van der Waals surface area (Å²) in [5, 5.41) is 11.8. The fourth-order valence-electron chi connectivity index (χ4n) is 1.80. The Balaban J connectivity index is 2.37. The maximum Gasteiger partial charge on any atom is 0.317 e. The van der Waals surface area contributed by atoms with Crippen LogP contribution >= 0.6 is 0 Å². The van der Waals surface area contributed by atoms with E-state index in [1.165, 1.54) is 0 Å². The summed E-state index contributed by atoms with van der Waals surface area (Å²) >= 11 is 0. The molecule has 2 N–H and O–H groups in total. The van der Waals surface area contributed by atoms with E-state index in [2.05, 4.69) is 33.0 Å². The molecule has 104 valence electrons. The first kappa shape index (κ1) is 14.8. The second-order valence-corrected chi connectivity index (χ2v) is 6.22. The van der Waals surface area contributed by atoms with Gasteiger partial charge in [-0.1, -0.05) is 27.7 Å². The molecular weight excluding hydrogens is 232 g/mol. The molecule has 0 aromatic heterocycles. The van der Waals surface area contributed by atoms with Gasteiger partial charge in [0, 0.05) is 19.6 Å². The minimum atomic E-state index is -0.812. The van der Waals surface area contributed by atoms with E-state index in [1.54, 1.807) is 4.90 Å². The van der Waals surface area contributed by atoms with Crippen LogP contribution < -0.4 is 5.32 Å². The van der Waals surface area contributed by atoms with Gasteiger partial charge in [-0.15, -0.1) is 0 Å². The third-order valence-electron chi connectivity index (χ3n) is 3.86. The number of amides is 2. The van der Waals surface area contributed by atoms with E-state index in [9.17, 15) is 9.59 Å². The number of aliphatic carboxylic acids is 1. The monoisotopic (exact) mass is 256 g/mol. The van der Waals surface area contributed by atoms with Crippen LogP contribution in [0, 0.1) is 17.3 Å². The Morgan fingerprint density at radius 1 is 1.44 bits per heavy atom. The SMILES string of the molecule is CC(CNC(=O)N1CCC(C(=O)O)C1)C(C)(C)C. The van der Waals surface area contributed by atoms with E-state index in [1.807, 2.05) is 0 Å². The maximum absolute atomic E-state index is 11.9. The number of urea groups is 1. The van der Waals surface area contributed by atoms with Crippen LogP contribution in [0.25, 0.3) is 0 Å². The lowest BCUT2D eigenvalue weighted by molar-refractivity contribution is -0.141. The summed E-state index contributed by atoms with van der Waals surface area (Å²) in [6.07, 6.45) is 0.553. The number of nitrogens with one attached hydrogen (secondary N) is 1. The fourth-order valence-corrected chi connectivity index (χ4v) is 1.80. The smallest absolute Gasteiger partial charge is 0.317 e. The first-order chi connectivity index (χ1) is 8.21. The molecule has 0 aliphatic carbocycles. The average Bonchev–Trinajstić information content (AvgIpc) is 2.73. The number of carboxylic acids is 1. The predicted octanol–water partition coefficient (Wildman–Crippen LogP) is 1.78. The van der Waals surface area contributed by atoms with Crippen LogP contribution in [0.1, 0.15) is 34.1 Å². The molecule has 0 bridgehead atoms. The zero-order valence-electron chi connectivity index (χ0n) is 11.7. The molecule has 1 rings (SSSR count). The predicted molar refractivity (Wildman–Crippen MR) is 69.3 cm³/mol. The summed E-state index contributed by atoms with van der Waals surface area (Å²) < 4.78 is 0. The molecule has 2 atom stereocenters. The number of carboxylic acid groups (broad SMARTS) is 1. The van der Waals surface area contributed by atoms with E-state index in [0.717, 1.165) is 0 Å². The van der Waals surface area contributed by atoms with Crippen molar-refractivity contribution < 1.29 is 14.7 Å². The number of hydrogen-bond acceptors (Lipinski definition) is 2. The van der Waals surface area contributed by atoms with Crippen molar-refractivity contribution in [2.45, 2.75) is 34.1 Å². The van der Waals surface area contributed by atoms with Crippen molar-refractivity contribution in [2.24, 2.45) is 17.3 Å². The highest BCUT2D eigenvalue weighted by Crippen LogP contribution is 2.24. The molecule has 0 spiro atoms. The Labute approximate surface area is 109 Å². The average molecular weight is 256 g/mol. The van der Waals surface area contributed by atoms with E-state index in [-0.39, 0.29) is 11.4 Å². The molecule has 0 radical (unpaired) electrons. The minimum absolute atomic E-state index is 0.144. The molecule has 0 saturated carbocycles. The van der Waals surface area contributed by atoms with Crippen molar-refractivity contribution in [1.82, 2.24) is 10.2 Å². The summed E-state index contributed by atoms with van der Waals surface area (Å²) in [5.41, 5.74) is 0.155. The van der Waals surface area contributed by atoms with Crippen molar-refractivity contribution in [2.75, 3.05) is 19.6 Å². The van der Waals surface area contributed by atoms with Crippen molar-refractivity contribution in [3.8, 4) is 0 Å². The van der Waals surface area contributed by atoms with Crippen molar-refractivity contribution in [3.63, 3.8) is 0 Å². The van der Waals surface area contributed by atoms with Gasteiger partial charge >= 0.3 is 12.0 Å². The highest BCUT2D eigenvalue weighted by molar-refractivity contribution is 5.77. The van der Waals surface area contributed by atoms with Gasteiger partial charge in [-0.3, -0.25) is 4.79 Å². The topological polar surface area (TPSA) is 69.6 Å². The van der Waals surface area contributed by atoms with E-state index in [0.29, 0.717) is 32.0 Å². The third-order valence-corrected chi connectivity index (χ3v) is 3.86.